The van der Waals surface area contributed by atoms with Gasteiger partial charge in [0.1, 0.15) is 11.3 Å². The third-order valence-electron chi connectivity index (χ3n) is 3.82. The Hall–Kier alpha value is -2.89. The lowest BCUT2D eigenvalue weighted by Crippen LogP contribution is -2.11. The summed E-state index contributed by atoms with van der Waals surface area (Å²) in [5.41, 5.74) is 2.33. The first-order chi connectivity index (χ1) is 11.1. The van der Waals surface area contributed by atoms with Gasteiger partial charge < -0.3 is 24.6 Å². The number of nitrogens with one attached hydrogen (secondary N) is 1. The average molecular weight is 315 g/mol. The van der Waals surface area contributed by atoms with E-state index in [-0.39, 0.29) is 5.75 Å². The molecule has 0 radical (unpaired) electrons. The molecule has 0 bridgehead atoms. The first-order valence-electron chi connectivity index (χ1n) is 7.07. The predicted octanol–water partition coefficient (Wildman–Crippen LogP) is 3.00. The van der Waals surface area contributed by atoms with Crippen LogP contribution in [0.5, 0.6) is 17.2 Å². The average Bonchev–Trinajstić information content (AvgIpc) is 2.86. The SMILES string of the molecule is COc1ccc2c(c1OC)C(=O)O[C@H]2Nc1c(C)cccc1O. The number of carbonyl (C=O) groups excluding carboxylic acids is 1. The van der Waals surface area contributed by atoms with Crippen LogP contribution in [0.25, 0.3) is 0 Å². The summed E-state index contributed by atoms with van der Waals surface area (Å²) in [6.07, 6.45) is -0.704. The molecule has 6 heteroatoms. The molecule has 6 nitrogen and oxygen atoms in total. The monoisotopic (exact) mass is 315 g/mol. The van der Waals surface area contributed by atoms with Crippen LogP contribution in [-0.4, -0.2) is 25.3 Å². The second-order valence-corrected chi connectivity index (χ2v) is 5.16. The van der Waals surface area contributed by atoms with Crippen molar-refractivity contribution >= 4 is 11.7 Å². The summed E-state index contributed by atoms with van der Waals surface area (Å²) in [5, 5.41) is 13.1. The number of hydrogen-bond acceptors (Lipinski definition) is 6. The summed E-state index contributed by atoms with van der Waals surface area (Å²) in [6.45, 7) is 1.86. The number of hydrogen-bond donors (Lipinski definition) is 2. The van der Waals surface area contributed by atoms with E-state index >= 15 is 0 Å². The van der Waals surface area contributed by atoms with Crippen LogP contribution >= 0.6 is 0 Å². The number of phenolic OH excluding ortho intramolecular Hbond substituents is 1. The Balaban J connectivity index is 2.02. The number of methoxy groups -OCH3 is 2. The molecule has 0 aromatic heterocycles. The van der Waals surface area contributed by atoms with Crippen LogP contribution in [0, 0.1) is 6.92 Å². The quantitative estimate of drug-likeness (QED) is 0.667. The maximum absolute atomic E-state index is 12.2. The van der Waals surface area contributed by atoms with E-state index in [4.69, 9.17) is 14.2 Å². The fourth-order valence-corrected chi connectivity index (χ4v) is 2.68. The molecule has 0 saturated carbocycles. The first kappa shape index (κ1) is 15.0. The Labute approximate surface area is 133 Å². The Morgan fingerprint density at radius 2 is 1.96 bits per heavy atom. The fraction of sp³-hybridized carbons (Fsp3) is 0.235. The van der Waals surface area contributed by atoms with Crippen molar-refractivity contribution < 1.29 is 24.1 Å². The number of carbonyl (C=O) groups is 1. The number of fused-ring (bicyclic) bond motifs is 1. The number of aryl methyl sites for hydroxylation is 1. The van der Waals surface area contributed by atoms with Crippen LogP contribution in [0.2, 0.25) is 0 Å². The highest BCUT2D eigenvalue weighted by molar-refractivity contribution is 5.98. The largest absolute Gasteiger partial charge is 0.506 e. The fourth-order valence-electron chi connectivity index (χ4n) is 2.68. The molecule has 1 heterocycles. The maximum Gasteiger partial charge on any atom is 0.344 e. The number of phenols is 1. The number of rotatable bonds is 4. The van der Waals surface area contributed by atoms with E-state index in [1.807, 2.05) is 13.0 Å². The summed E-state index contributed by atoms with van der Waals surface area (Å²) in [6, 6.07) is 8.63. The van der Waals surface area contributed by atoms with Crippen LogP contribution in [-0.2, 0) is 4.74 Å². The molecule has 120 valence electrons. The van der Waals surface area contributed by atoms with E-state index in [1.165, 1.54) is 14.2 Å². The van der Waals surface area contributed by atoms with Crippen molar-refractivity contribution in [2.24, 2.45) is 0 Å². The van der Waals surface area contributed by atoms with E-state index in [2.05, 4.69) is 5.32 Å². The zero-order chi connectivity index (χ0) is 16.6. The third kappa shape index (κ3) is 2.42. The molecule has 2 aromatic rings. The molecule has 3 rings (SSSR count). The van der Waals surface area contributed by atoms with E-state index in [0.29, 0.717) is 28.3 Å². The van der Waals surface area contributed by atoms with E-state index < -0.39 is 12.2 Å². The van der Waals surface area contributed by atoms with Crippen molar-refractivity contribution in [3.8, 4) is 17.2 Å². The summed E-state index contributed by atoms with van der Waals surface area (Å²) in [4.78, 5) is 12.2. The standard InChI is InChI=1S/C17H17NO5/c1-9-5-4-6-11(19)14(9)18-16-10-7-8-12(21-2)15(22-3)13(10)17(20)23-16/h4-8,16,18-19H,1-3H3/t16-/m1/s1. The summed E-state index contributed by atoms with van der Waals surface area (Å²) >= 11 is 0. The molecule has 0 saturated heterocycles. The number of ether oxygens (including phenoxy) is 3. The lowest BCUT2D eigenvalue weighted by Gasteiger charge is -2.17. The van der Waals surface area contributed by atoms with Crippen molar-refractivity contribution in [1.29, 1.82) is 0 Å². The van der Waals surface area contributed by atoms with Crippen molar-refractivity contribution in [1.82, 2.24) is 0 Å². The van der Waals surface area contributed by atoms with E-state index in [0.717, 1.165) is 5.56 Å². The molecule has 0 amide bonds. The van der Waals surface area contributed by atoms with Gasteiger partial charge >= 0.3 is 5.97 Å². The van der Waals surface area contributed by atoms with Gasteiger partial charge in [0.15, 0.2) is 11.5 Å². The van der Waals surface area contributed by atoms with Crippen molar-refractivity contribution in [2.45, 2.75) is 13.2 Å². The smallest absolute Gasteiger partial charge is 0.344 e. The second kappa shape index (κ2) is 5.72. The summed E-state index contributed by atoms with van der Waals surface area (Å²) in [5.74, 6) is 0.396. The molecule has 1 aliphatic rings. The highest BCUT2D eigenvalue weighted by Crippen LogP contribution is 2.43. The molecular formula is C17H17NO5. The maximum atomic E-state index is 12.2. The Morgan fingerprint density at radius 1 is 1.17 bits per heavy atom. The minimum atomic E-state index is -0.704. The molecule has 0 unspecified atom stereocenters. The molecule has 2 N–H and O–H groups in total. The van der Waals surface area contributed by atoms with Gasteiger partial charge in [-0.2, -0.15) is 0 Å². The molecule has 0 spiro atoms. The molecule has 0 fully saturated rings. The second-order valence-electron chi connectivity index (χ2n) is 5.16. The van der Waals surface area contributed by atoms with Crippen molar-refractivity contribution in [2.75, 3.05) is 19.5 Å². The van der Waals surface area contributed by atoms with Gasteiger partial charge in [0.2, 0.25) is 6.23 Å². The molecule has 0 aliphatic carbocycles. The van der Waals surface area contributed by atoms with E-state index in [1.54, 1.807) is 24.3 Å². The Bertz CT molecular complexity index is 752. The number of para-hydroxylation sites is 1. The lowest BCUT2D eigenvalue weighted by atomic mass is 10.1. The number of cyclic esters (lactones) is 1. The van der Waals surface area contributed by atoms with Gasteiger partial charge in [-0.25, -0.2) is 4.79 Å². The molecule has 1 atom stereocenters. The Kier molecular flexibility index (Phi) is 3.73. The van der Waals surface area contributed by atoms with Crippen molar-refractivity contribution in [3.05, 3.63) is 47.0 Å². The lowest BCUT2D eigenvalue weighted by molar-refractivity contribution is 0.0434. The highest BCUT2D eigenvalue weighted by atomic mass is 16.6. The van der Waals surface area contributed by atoms with Crippen molar-refractivity contribution in [3.63, 3.8) is 0 Å². The van der Waals surface area contributed by atoms with Gasteiger partial charge in [-0.15, -0.1) is 0 Å². The molecule has 23 heavy (non-hydrogen) atoms. The number of esters is 1. The summed E-state index contributed by atoms with van der Waals surface area (Å²) < 4.78 is 15.9. The molecule has 2 aromatic carbocycles. The molecule has 1 aliphatic heterocycles. The van der Waals surface area contributed by atoms with Gasteiger partial charge in [-0.3, -0.25) is 0 Å². The first-order valence-corrected chi connectivity index (χ1v) is 7.07. The molecular weight excluding hydrogens is 298 g/mol. The van der Waals surface area contributed by atoms with Crippen LogP contribution in [0.15, 0.2) is 30.3 Å². The van der Waals surface area contributed by atoms with Crippen LogP contribution < -0.4 is 14.8 Å². The number of anilines is 1. The highest BCUT2D eigenvalue weighted by Gasteiger charge is 2.36. The zero-order valence-corrected chi connectivity index (χ0v) is 13.0. The van der Waals surface area contributed by atoms with Crippen LogP contribution in [0.4, 0.5) is 5.69 Å². The zero-order valence-electron chi connectivity index (χ0n) is 13.0. The van der Waals surface area contributed by atoms with Crippen LogP contribution in [0.3, 0.4) is 0 Å². The van der Waals surface area contributed by atoms with Gasteiger partial charge in [0, 0.05) is 5.56 Å². The minimum absolute atomic E-state index is 0.0926. The summed E-state index contributed by atoms with van der Waals surface area (Å²) in [7, 11) is 2.98. The van der Waals surface area contributed by atoms with Gasteiger partial charge in [0.25, 0.3) is 0 Å². The van der Waals surface area contributed by atoms with Gasteiger partial charge in [0.05, 0.1) is 19.9 Å². The van der Waals surface area contributed by atoms with Gasteiger partial charge in [-0.1, -0.05) is 12.1 Å². The minimum Gasteiger partial charge on any atom is -0.506 e. The predicted molar refractivity (Wildman–Crippen MR) is 84.2 cm³/mol. The Morgan fingerprint density at radius 3 is 2.61 bits per heavy atom. The number of benzene rings is 2. The number of aromatic hydroxyl groups is 1. The van der Waals surface area contributed by atoms with Crippen LogP contribution in [0.1, 0.15) is 27.7 Å². The third-order valence-corrected chi connectivity index (χ3v) is 3.82. The van der Waals surface area contributed by atoms with Gasteiger partial charge in [-0.05, 0) is 30.7 Å². The topological polar surface area (TPSA) is 77.0 Å². The normalized spacial score (nSPS) is 15.8. The van der Waals surface area contributed by atoms with E-state index in [9.17, 15) is 9.90 Å².